The molecule has 178 valence electrons. The summed E-state index contributed by atoms with van der Waals surface area (Å²) >= 11 is 0. The lowest BCUT2D eigenvalue weighted by Crippen LogP contribution is -2.30. The zero-order valence-electron chi connectivity index (χ0n) is 19.5. The van der Waals surface area contributed by atoms with Crippen molar-refractivity contribution >= 4 is 23.1 Å². The molecule has 0 aromatic carbocycles. The molecule has 0 spiro atoms. The molecule has 5 rings (SSSR count). The van der Waals surface area contributed by atoms with Crippen LogP contribution in [0.15, 0.2) is 24.5 Å². The highest BCUT2D eigenvalue weighted by atomic mass is 19.3. The number of pyridine rings is 1. The van der Waals surface area contributed by atoms with E-state index in [4.69, 9.17) is 0 Å². The van der Waals surface area contributed by atoms with E-state index < -0.39 is 23.8 Å². The number of nitrogens with one attached hydrogen (secondary N) is 1. The second-order valence-electron chi connectivity index (χ2n) is 9.86. The average molecular weight is 469 g/mol. The minimum atomic E-state index is -2.90. The SMILES string of the molecule is Cc1cc2ncc3c(n2n1)C(C)(C)C[C@H]3C(=O)Nc1cnc(C(=O)N(C)C2CC2)c(C(F)F)c1. The van der Waals surface area contributed by atoms with E-state index in [1.54, 1.807) is 17.8 Å². The molecule has 0 bridgehead atoms. The Kier molecular flexibility index (Phi) is 5.14. The Morgan fingerprint density at radius 2 is 1.94 bits per heavy atom. The summed E-state index contributed by atoms with van der Waals surface area (Å²) in [6.45, 7) is 5.98. The first kappa shape index (κ1) is 22.4. The molecule has 2 aliphatic carbocycles. The highest BCUT2D eigenvalue weighted by Gasteiger charge is 2.43. The third-order valence-corrected chi connectivity index (χ3v) is 6.72. The Balaban J connectivity index is 1.43. The maximum absolute atomic E-state index is 13.8. The Labute approximate surface area is 195 Å². The van der Waals surface area contributed by atoms with Gasteiger partial charge >= 0.3 is 0 Å². The number of halogens is 2. The fourth-order valence-corrected chi connectivity index (χ4v) is 4.86. The van der Waals surface area contributed by atoms with Crippen LogP contribution in [0.25, 0.3) is 5.65 Å². The van der Waals surface area contributed by atoms with Crippen molar-refractivity contribution in [2.45, 2.75) is 63.8 Å². The van der Waals surface area contributed by atoms with Gasteiger partial charge in [0.25, 0.3) is 12.3 Å². The van der Waals surface area contributed by atoms with Crippen LogP contribution in [0.1, 0.15) is 78.5 Å². The minimum absolute atomic E-state index is 0.0728. The number of anilines is 1. The number of fused-ring (bicyclic) bond motifs is 3. The van der Waals surface area contributed by atoms with Crippen LogP contribution in [0, 0.1) is 6.92 Å². The van der Waals surface area contributed by atoms with Gasteiger partial charge in [0, 0.05) is 36.3 Å². The van der Waals surface area contributed by atoms with Crippen molar-refractivity contribution in [2.75, 3.05) is 12.4 Å². The average Bonchev–Trinajstić information content (AvgIpc) is 3.50. The first-order valence-corrected chi connectivity index (χ1v) is 11.3. The Morgan fingerprint density at radius 1 is 1.21 bits per heavy atom. The van der Waals surface area contributed by atoms with Crippen LogP contribution in [0.4, 0.5) is 14.5 Å². The number of hydrogen-bond acceptors (Lipinski definition) is 5. The van der Waals surface area contributed by atoms with Crippen molar-refractivity contribution in [3.05, 3.63) is 52.7 Å². The number of hydrogen-bond donors (Lipinski definition) is 1. The van der Waals surface area contributed by atoms with E-state index in [0.29, 0.717) is 12.1 Å². The molecule has 1 saturated carbocycles. The van der Waals surface area contributed by atoms with Gasteiger partial charge in [-0.2, -0.15) is 5.10 Å². The number of aromatic nitrogens is 4. The number of rotatable bonds is 5. The molecule has 1 N–H and O–H groups in total. The molecular formula is C24H26F2N6O2. The molecule has 2 amide bonds. The predicted octanol–water partition coefficient (Wildman–Crippen LogP) is 4.01. The predicted molar refractivity (Wildman–Crippen MR) is 121 cm³/mol. The van der Waals surface area contributed by atoms with Crippen LogP contribution in [-0.4, -0.2) is 49.4 Å². The molecule has 10 heteroatoms. The third-order valence-electron chi connectivity index (χ3n) is 6.72. The van der Waals surface area contributed by atoms with Crippen molar-refractivity contribution in [3.63, 3.8) is 0 Å². The summed E-state index contributed by atoms with van der Waals surface area (Å²) in [5.74, 6) is -1.40. The molecule has 8 nitrogen and oxygen atoms in total. The second-order valence-corrected chi connectivity index (χ2v) is 9.86. The summed E-state index contributed by atoms with van der Waals surface area (Å²) in [7, 11) is 1.60. The van der Waals surface area contributed by atoms with E-state index in [9.17, 15) is 18.4 Å². The number of carbonyl (C=O) groups excluding carboxylic acids is 2. The zero-order valence-corrected chi connectivity index (χ0v) is 19.5. The summed E-state index contributed by atoms with van der Waals surface area (Å²) in [6, 6.07) is 3.09. The third kappa shape index (κ3) is 3.70. The fraction of sp³-hybridized carbons (Fsp3) is 0.458. The van der Waals surface area contributed by atoms with E-state index >= 15 is 0 Å². The van der Waals surface area contributed by atoms with Crippen molar-refractivity contribution in [1.82, 2.24) is 24.5 Å². The van der Waals surface area contributed by atoms with E-state index in [1.807, 2.05) is 26.8 Å². The van der Waals surface area contributed by atoms with Crippen molar-refractivity contribution in [2.24, 2.45) is 0 Å². The molecule has 0 unspecified atom stereocenters. The van der Waals surface area contributed by atoms with Gasteiger partial charge in [0.1, 0.15) is 5.69 Å². The molecule has 0 radical (unpaired) electrons. The van der Waals surface area contributed by atoms with Crippen LogP contribution in [0.5, 0.6) is 0 Å². The fourth-order valence-electron chi connectivity index (χ4n) is 4.86. The van der Waals surface area contributed by atoms with Gasteiger partial charge in [0.2, 0.25) is 5.91 Å². The topological polar surface area (TPSA) is 92.5 Å². The van der Waals surface area contributed by atoms with E-state index in [1.165, 1.54) is 11.1 Å². The van der Waals surface area contributed by atoms with Gasteiger partial charge in [0.05, 0.1) is 34.8 Å². The smallest absolute Gasteiger partial charge is 0.272 e. The normalized spacial score (nSPS) is 18.9. The van der Waals surface area contributed by atoms with Crippen molar-refractivity contribution < 1.29 is 18.4 Å². The second kappa shape index (κ2) is 7.82. The molecule has 3 heterocycles. The minimum Gasteiger partial charge on any atom is -0.337 e. The van der Waals surface area contributed by atoms with Crippen LogP contribution in [-0.2, 0) is 10.2 Å². The largest absolute Gasteiger partial charge is 0.337 e. The molecular weight excluding hydrogens is 442 g/mol. The Morgan fingerprint density at radius 3 is 2.62 bits per heavy atom. The van der Waals surface area contributed by atoms with Gasteiger partial charge in [-0.25, -0.2) is 23.3 Å². The van der Waals surface area contributed by atoms with Gasteiger partial charge in [-0.1, -0.05) is 13.8 Å². The summed E-state index contributed by atoms with van der Waals surface area (Å²) < 4.78 is 29.4. The first-order chi connectivity index (χ1) is 16.1. The molecule has 1 atom stereocenters. The van der Waals surface area contributed by atoms with Gasteiger partial charge < -0.3 is 10.2 Å². The van der Waals surface area contributed by atoms with Gasteiger partial charge in [-0.15, -0.1) is 0 Å². The zero-order chi connectivity index (χ0) is 24.4. The highest BCUT2D eigenvalue weighted by molar-refractivity contribution is 5.98. The Hall–Kier alpha value is -3.43. The van der Waals surface area contributed by atoms with Crippen molar-refractivity contribution in [3.8, 4) is 0 Å². The standard InChI is InChI=1S/C24H26F2N6O2/c1-12-7-18-27-11-17-16(9-24(2,3)20(17)32(18)30-12)22(33)29-13-8-15(21(25)26)19(28-10-13)23(34)31(4)14-5-6-14/h7-8,10-11,14,16,21H,5-6,9H2,1-4H3,(H,29,33)/t16-/m1/s1. The monoisotopic (exact) mass is 468 g/mol. The lowest BCUT2D eigenvalue weighted by atomic mass is 9.88. The van der Waals surface area contributed by atoms with E-state index in [-0.39, 0.29) is 28.7 Å². The number of amides is 2. The number of carbonyl (C=O) groups is 2. The van der Waals surface area contributed by atoms with Gasteiger partial charge in [0.15, 0.2) is 5.65 Å². The Bertz CT molecular complexity index is 1310. The summed E-state index contributed by atoms with van der Waals surface area (Å²) in [4.78, 5) is 35.8. The lowest BCUT2D eigenvalue weighted by molar-refractivity contribution is -0.117. The van der Waals surface area contributed by atoms with E-state index in [2.05, 4.69) is 20.4 Å². The van der Waals surface area contributed by atoms with Crippen LogP contribution >= 0.6 is 0 Å². The molecule has 1 fully saturated rings. The maximum Gasteiger partial charge on any atom is 0.272 e. The number of alkyl halides is 2. The molecule has 0 saturated heterocycles. The van der Waals surface area contributed by atoms with Gasteiger partial charge in [-0.05, 0) is 32.3 Å². The lowest BCUT2D eigenvalue weighted by Gasteiger charge is -2.20. The molecule has 2 aliphatic rings. The summed E-state index contributed by atoms with van der Waals surface area (Å²) in [5, 5.41) is 7.26. The van der Waals surface area contributed by atoms with Crippen molar-refractivity contribution in [1.29, 1.82) is 0 Å². The van der Waals surface area contributed by atoms with Crippen LogP contribution in [0.3, 0.4) is 0 Å². The molecule has 3 aromatic heterocycles. The quantitative estimate of drug-likeness (QED) is 0.611. The molecule has 3 aromatic rings. The summed E-state index contributed by atoms with van der Waals surface area (Å²) in [6.07, 6.45) is 2.30. The summed E-state index contributed by atoms with van der Waals surface area (Å²) in [5.41, 5.74) is 2.24. The van der Waals surface area contributed by atoms with Crippen LogP contribution in [0.2, 0.25) is 0 Å². The number of nitrogens with zero attached hydrogens (tertiary/aromatic N) is 5. The molecule has 0 aliphatic heterocycles. The molecule has 34 heavy (non-hydrogen) atoms. The van der Waals surface area contributed by atoms with Gasteiger partial charge in [-0.3, -0.25) is 9.59 Å². The number of aryl methyl sites for hydroxylation is 1. The maximum atomic E-state index is 13.8. The van der Waals surface area contributed by atoms with Crippen LogP contribution < -0.4 is 5.32 Å². The highest BCUT2D eigenvalue weighted by Crippen LogP contribution is 2.46. The van der Waals surface area contributed by atoms with E-state index in [0.717, 1.165) is 35.9 Å². The first-order valence-electron chi connectivity index (χ1n) is 11.3.